The molecule has 0 aliphatic carbocycles. The van der Waals surface area contributed by atoms with Crippen LogP contribution in [0.25, 0.3) is 0 Å². The van der Waals surface area contributed by atoms with E-state index in [0.717, 1.165) is 31.8 Å². The first-order chi connectivity index (χ1) is 8.65. The maximum absolute atomic E-state index is 12.9. The Morgan fingerprint density at radius 2 is 2.39 bits per heavy atom. The fourth-order valence-corrected chi connectivity index (χ4v) is 2.26. The molecule has 3 nitrogen and oxygen atoms in total. The third kappa shape index (κ3) is 3.92. The summed E-state index contributed by atoms with van der Waals surface area (Å²) in [6.07, 6.45) is 0.211. The molecule has 0 spiro atoms. The van der Waals surface area contributed by atoms with Gasteiger partial charge >= 0.3 is 0 Å². The minimum absolute atomic E-state index is 0.211. The molecule has 2 rings (SSSR count). The van der Waals surface area contributed by atoms with Gasteiger partial charge in [-0.2, -0.15) is 0 Å². The smallest absolute Gasteiger partial charge is 0.124 e. The fraction of sp³-hybridized carbons (Fsp3) is 0.538. The van der Waals surface area contributed by atoms with E-state index in [2.05, 4.69) is 17.3 Å². The predicted molar refractivity (Wildman–Crippen MR) is 70.4 cm³/mol. The number of nitrogens with one attached hydrogen (secondary N) is 1. The number of likely N-dealkylation sites (N-methyl/N-ethyl adjacent to an activating group) is 1. The van der Waals surface area contributed by atoms with E-state index in [-0.39, 0.29) is 11.9 Å². The summed E-state index contributed by atoms with van der Waals surface area (Å²) in [5, 5.41) is 3.76. The van der Waals surface area contributed by atoms with Gasteiger partial charge in [-0.25, -0.2) is 4.39 Å². The first-order valence-electron chi connectivity index (χ1n) is 6.10. The molecule has 0 aromatic heterocycles. The van der Waals surface area contributed by atoms with Crippen LogP contribution < -0.4 is 5.32 Å². The second kappa shape index (κ2) is 6.48. The van der Waals surface area contributed by atoms with Gasteiger partial charge in [-0.1, -0.05) is 17.7 Å². The second-order valence-corrected chi connectivity index (χ2v) is 5.03. The van der Waals surface area contributed by atoms with Crippen molar-refractivity contribution in [1.29, 1.82) is 0 Å². The van der Waals surface area contributed by atoms with E-state index in [1.165, 1.54) is 12.1 Å². The second-order valence-electron chi connectivity index (χ2n) is 4.62. The lowest BCUT2D eigenvalue weighted by Gasteiger charge is -2.30. The van der Waals surface area contributed by atoms with Gasteiger partial charge in [0.25, 0.3) is 0 Å². The zero-order chi connectivity index (χ0) is 13.0. The molecule has 0 bridgehead atoms. The lowest BCUT2D eigenvalue weighted by atomic mass is 10.2. The summed E-state index contributed by atoms with van der Waals surface area (Å²) >= 11 is 5.95. The number of halogens is 2. The first kappa shape index (κ1) is 13.7. The highest BCUT2D eigenvalue weighted by Crippen LogP contribution is 2.16. The summed E-state index contributed by atoms with van der Waals surface area (Å²) < 4.78 is 18.5. The Hall–Kier alpha value is -0.680. The summed E-state index contributed by atoms with van der Waals surface area (Å²) in [6.45, 7) is 4.10. The number of morpholine rings is 1. The Morgan fingerprint density at radius 1 is 1.56 bits per heavy atom. The molecular formula is C13H18ClFN2O. The van der Waals surface area contributed by atoms with E-state index >= 15 is 0 Å². The Morgan fingerprint density at radius 3 is 3.11 bits per heavy atom. The third-order valence-corrected chi connectivity index (χ3v) is 3.40. The van der Waals surface area contributed by atoms with Crippen molar-refractivity contribution in [1.82, 2.24) is 10.2 Å². The van der Waals surface area contributed by atoms with Gasteiger partial charge in [-0.3, -0.25) is 0 Å². The van der Waals surface area contributed by atoms with Gasteiger partial charge in [-0.15, -0.1) is 0 Å². The zero-order valence-corrected chi connectivity index (χ0v) is 11.2. The average Bonchev–Trinajstić information content (AvgIpc) is 2.32. The maximum Gasteiger partial charge on any atom is 0.124 e. The van der Waals surface area contributed by atoms with Gasteiger partial charge in [0.05, 0.1) is 12.7 Å². The van der Waals surface area contributed by atoms with E-state index in [4.69, 9.17) is 16.3 Å². The molecule has 100 valence electrons. The number of rotatable bonds is 4. The summed E-state index contributed by atoms with van der Waals surface area (Å²) in [6, 6.07) is 4.47. The lowest BCUT2D eigenvalue weighted by Crippen LogP contribution is -2.44. The van der Waals surface area contributed by atoms with Crippen LogP contribution in [0.5, 0.6) is 0 Å². The highest BCUT2D eigenvalue weighted by Gasteiger charge is 2.16. The van der Waals surface area contributed by atoms with Crippen molar-refractivity contribution in [2.24, 2.45) is 0 Å². The number of nitrogens with zero attached hydrogens (tertiary/aromatic N) is 1. The summed E-state index contributed by atoms with van der Waals surface area (Å²) in [4.78, 5) is 2.25. The summed E-state index contributed by atoms with van der Waals surface area (Å²) in [5.74, 6) is -0.305. The van der Waals surface area contributed by atoms with Crippen LogP contribution in [0.3, 0.4) is 0 Å². The monoisotopic (exact) mass is 272 g/mol. The van der Waals surface area contributed by atoms with Crippen molar-refractivity contribution in [3.8, 4) is 0 Å². The van der Waals surface area contributed by atoms with Crippen LogP contribution >= 0.6 is 11.6 Å². The zero-order valence-electron chi connectivity index (χ0n) is 10.5. The van der Waals surface area contributed by atoms with Crippen molar-refractivity contribution in [2.75, 3.05) is 33.3 Å². The van der Waals surface area contributed by atoms with Crippen LogP contribution in [0.1, 0.15) is 5.56 Å². The molecule has 1 unspecified atom stereocenters. The van der Waals surface area contributed by atoms with Gasteiger partial charge in [0.15, 0.2) is 0 Å². The Balaban J connectivity index is 1.77. The van der Waals surface area contributed by atoms with Crippen LogP contribution in [-0.4, -0.2) is 44.3 Å². The number of benzene rings is 1. The molecular weight excluding hydrogens is 255 g/mol. The molecule has 0 saturated carbocycles. The van der Waals surface area contributed by atoms with Gasteiger partial charge < -0.3 is 15.0 Å². The summed E-state index contributed by atoms with van der Waals surface area (Å²) in [7, 11) is 2.09. The molecule has 0 amide bonds. The largest absolute Gasteiger partial charge is 0.374 e. The highest BCUT2D eigenvalue weighted by atomic mass is 35.5. The molecule has 1 aliphatic heterocycles. The Kier molecular flexibility index (Phi) is 4.95. The molecule has 0 radical (unpaired) electrons. The number of hydrogen-bond donors (Lipinski definition) is 1. The van der Waals surface area contributed by atoms with Gasteiger partial charge in [0.1, 0.15) is 5.82 Å². The molecule has 1 heterocycles. The van der Waals surface area contributed by atoms with Crippen LogP contribution in [0.4, 0.5) is 4.39 Å². The SMILES string of the molecule is CN1CCOC(CNCc2ccc(F)cc2Cl)C1. The van der Waals surface area contributed by atoms with E-state index in [9.17, 15) is 4.39 Å². The van der Waals surface area contributed by atoms with Gasteiger partial charge in [-0.05, 0) is 24.7 Å². The maximum atomic E-state index is 12.9. The number of hydrogen-bond acceptors (Lipinski definition) is 3. The predicted octanol–water partition coefficient (Wildman–Crippen LogP) is 1.90. The molecule has 1 aliphatic rings. The highest BCUT2D eigenvalue weighted by molar-refractivity contribution is 6.31. The van der Waals surface area contributed by atoms with Crippen molar-refractivity contribution in [3.63, 3.8) is 0 Å². The topological polar surface area (TPSA) is 24.5 Å². The quantitative estimate of drug-likeness (QED) is 0.906. The normalized spacial score (nSPS) is 21.2. The molecule has 18 heavy (non-hydrogen) atoms. The Labute approximate surface area is 112 Å². The average molecular weight is 273 g/mol. The van der Waals surface area contributed by atoms with Crippen molar-refractivity contribution in [2.45, 2.75) is 12.6 Å². The van der Waals surface area contributed by atoms with Crippen LogP contribution in [0.2, 0.25) is 5.02 Å². The van der Waals surface area contributed by atoms with E-state index in [0.29, 0.717) is 11.6 Å². The Bertz CT molecular complexity index is 403. The molecule has 1 N–H and O–H groups in total. The van der Waals surface area contributed by atoms with Crippen molar-refractivity contribution in [3.05, 3.63) is 34.6 Å². The third-order valence-electron chi connectivity index (χ3n) is 3.04. The van der Waals surface area contributed by atoms with Crippen molar-refractivity contribution < 1.29 is 9.13 Å². The number of ether oxygens (including phenoxy) is 1. The molecule has 1 aromatic rings. The van der Waals surface area contributed by atoms with Crippen LogP contribution in [0, 0.1) is 5.82 Å². The lowest BCUT2D eigenvalue weighted by molar-refractivity contribution is -0.0182. The molecule has 1 saturated heterocycles. The minimum Gasteiger partial charge on any atom is -0.374 e. The van der Waals surface area contributed by atoms with E-state index in [1.54, 1.807) is 6.07 Å². The van der Waals surface area contributed by atoms with E-state index in [1.807, 2.05) is 0 Å². The molecule has 1 aromatic carbocycles. The minimum atomic E-state index is -0.305. The van der Waals surface area contributed by atoms with Crippen LogP contribution in [-0.2, 0) is 11.3 Å². The standard InChI is InChI=1S/C13H18ClFN2O/c1-17-4-5-18-12(9-17)8-16-7-10-2-3-11(15)6-13(10)14/h2-3,6,12,16H,4-5,7-9H2,1H3. The first-order valence-corrected chi connectivity index (χ1v) is 6.48. The molecule has 1 fully saturated rings. The van der Waals surface area contributed by atoms with Gasteiger partial charge in [0.2, 0.25) is 0 Å². The van der Waals surface area contributed by atoms with Crippen molar-refractivity contribution >= 4 is 11.6 Å². The summed E-state index contributed by atoms with van der Waals surface area (Å²) in [5.41, 5.74) is 0.905. The van der Waals surface area contributed by atoms with E-state index < -0.39 is 0 Å². The molecule has 5 heteroatoms. The van der Waals surface area contributed by atoms with Gasteiger partial charge in [0, 0.05) is 31.2 Å². The molecule has 1 atom stereocenters. The fourth-order valence-electron chi connectivity index (χ4n) is 2.02. The van der Waals surface area contributed by atoms with Crippen LogP contribution in [0.15, 0.2) is 18.2 Å².